The van der Waals surface area contributed by atoms with E-state index in [4.69, 9.17) is 0 Å². The minimum atomic E-state index is -0.00176. The van der Waals surface area contributed by atoms with Crippen LogP contribution in [0.1, 0.15) is 47.0 Å². The Kier molecular flexibility index (Phi) is 25.7. The number of hydrogen-bond acceptors (Lipinski definition) is 2. The second-order valence-electron chi connectivity index (χ2n) is 5.39. The van der Waals surface area contributed by atoms with Crippen molar-refractivity contribution < 1.29 is 9.59 Å². The molecule has 0 spiro atoms. The van der Waals surface area contributed by atoms with Crippen LogP contribution in [-0.4, -0.2) is 22.2 Å². The normalized spacial score (nSPS) is 10.5. The van der Waals surface area contributed by atoms with E-state index in [9.17, 15) is 9.59 Å². The minimum Gasteiger partial charge on any atom is -0.293 e. The van der Waals surface area contributed by atoms with Gasteiger partial charge in [-0.05, 0) is 19.8 Å². The van der Waals surface area contributed by atoms with E-state index in [0.29, 0.717) is 16.2 Å². The van der Waals surface area contributed by atoms with E-state index in [2.05, 4.69) is 72.4 Å². The highest BCUT2D eigenvalue weighted by Crippen LogP contribution is 2.07. The summed E-state index contributed by atoms with van der Waals surface area (Å²) < 4.78 is 0. The van der Waals surface area contributed by atoms with Crippen LogP contribution in [0.5, 0.6) is 0 Å². The third-order valence-corrected chi connectivity index (χ3v) is 3.89. The molecule has 0 aliphatic rings. The van der Waals surface area contributed by atoms with Crippen molar-refractivity contribution in [3.63, 3.8) is 0 Å². The Balaban J connectivity index is -0.000000387. The minimum absolute atomic E-state index is 0.00176. The van der Waals surface area contributed by atoms with E-state index in [0.717, 1.165) is 18.4 Å². The average Bonchev–Trinajstić information content (AvgIpc) is 2.68. The molecule has 0 bridgehead atoms. The molecule has 27 heavy (non-hydrogen) atoms. The van der Waals surface area contributed by atoms with Crippen LogP contribution in [0.3, 0.4) is 0 Å². The van der Waals surface area contributed by atoms with Crippen LogP contribution in [0, 0.1) is 0 Å². The first-order chi connectivity index (χ1) is 12.8. The first-order valence-electron chi connectivity index (χ1n) is 8.95. The van der Waals surface area contributed by atoms with Gasteiger partial charge in [-0.1, -0.05) is 121 Å². The lowest BCUT2D eigenvalue weighted by atomic mass is 10.1. The Morgan fingerprint density at radius 3 is 1.85 bits per heavy atom. The number of rotatable bonds is 10. The number of carbonyl (C=O) groups is 2. The number of ketones is 2. The van der Waals surface area contributed by atoms with Gasteiger partial charge >= 0.3 is 0 Å². The lowest BCUT2D eigenvalue weighted by molar-refractivity contribution is -0.113. The Bertz CT molecular complexity index is 553. The summed E-state index contributed by atoms with van der Waals surface area (Å²) in [6, 6.07) is 0. The molecule has 0 aliphatic carbocycles. The topological polar surface area (TPSA) is 34.1 Å². The Labute approximate surface area is 183 Å². The smallest absolute Gasteiger partial charge is 0.173 e. The predicted molar refractivity (Wildman–Crippen MR) is 129 cm³/mol. The Morgan fingerprint density at radius 1 is 0.963 bits per heavy atom. The molecule has 0 aromatic rings. The van der Waals surface area contributed by atoms with Gasteiger partial charge in [0.25, 0.3) is 0 Å². The Morgan fingerprint density at radius 2 is 1.48 bits per heavy atom. The van der Waals surface area contributed by atoms with E-state index in [1.165, 1.54) is 12.0 Å². The summed E-state index contributed by atoms with van der Waals surface area (Å²) >= 11 is 6.19. The molecular weight excluding hydrogens is 468 g/mol. The van der Waals surface area contributed by atoms with Gasteiger partial charge in [0.15, 0.2) is 11.6 Å². The van der Waals surface area contributed by atoms with Crippen molar-refractivity contribution in [1.82, 2.24) is 0 Å². The molecule has 0 atom stereocenters. The van der Waals surface area contributed by atoms with E-state index >= 15 is 0 Å². The van der Waals surface area contributed by atoms with Gasteiger partial charge < -0.3 is 0 Å². The summed E-state index contributed by atoms with van der Waals surface area (Å²) in [5.74, 6) is 0.115. The maximum atomic E-state index is 11.3. The fraction of sp³-hybridized carbons (Fsp3) is 0.391. The van der Waals surface area contributed by atoms with Gasteiger partial charge in [0.1, 0.15) is 0 Å². The van der Waals surface area contributed by atoms with E-state index < -0.39 is 0 Å². The van der Waals surface area contributed by atoms with Crippen LogP contribution in [0.15, 0.2) is 72.9 Å². The summed E-state index contributed by atoms with van der Waals surface area (Å²) in [6.45, 7) is 19.1. The largest absolute Gasteiger partial charge is 0.293 e. The highest BCUT2D eigenvalue weighted by Gasteiger charge is 2.01. The molecule has 0 amide bonds. The highest BCUT2D eigenvalue weighted by atomic mass is 79.9. The maximum absolute atomic E-state index is 11.3. The molecule has 0 aliphatic heterocycles. The fourth-order valence-corrected chi connectivity index (χ4v) is 1.97. The molecule has 0 unspecified atom stereocenters. The molecule has 0 rings (SSSR count). The van der Waals surface area contributed by atoms with Crippen molar-refractivity contribution >= 4 is 43.4 Å². The summed E-state index contributed by atoms with van der Waals surface area (Å²) in [6.07, 6.45) is 13.7. The molecule has 0 saturated carbocycles. The number of hydrogen-bond donors (Lipinski definition) is 0. The molecule has 0 N–H and O–H groups in total. The van der Waals surface area contributed by atoms with Crippen LogP contribution < -0.4 is 0 Å². The lowest BCUT2D eigenvalue weighted by Crippen LogP contribution is -2.00. The van der Waals surface area contributed by atoms with E-state index in [1.54, 1.807) is 18.2 Å². The Hall–Kier alpha value is -1.26. The molecule has 152 valence electrons. The molecule has 0 aromatic heterocycles. The van der Waals surface area contributed by atoms with Gasteiger partial charge in [0.05, 0.1) is 10.7 Å². The molecule has 0 fully saturated rings. The lowest BCUT2D eigenvalue weighted by Gasteiger charge is -1.97. The first-order valence-corrected chi connectivity index (χ1v) is 11.2. The molecular formula is C23H34Br2O2. The number of carbonyl (C=O) groups excluding carboxylic acids is 2. The second-order valence-corrected chi connectivity index (χ2v) is 6.52. The molecule has 2 nitrogen and oxygen atoms in total. The summed E-state index contributed by atoms with van der Waals surface area (Å²) in [4.78, 5) is 22.1. The van der Waals surface area contributed by atoms with Crippen molar-refractivity contribution in [2.45, 2.75) is 47.0 Å². The van der Waals surface area contributed by atoms with Gasteiger partial charge in [0.2, 0.25) is 0 Å². The average molecular weight is 502 g/mol. The molecule has 0 saturated heterocycles. The number of Topliss-reactive ketones (excluding diaryl/α,β-unsaturated/α-hetero) is 2. The highest BCUT2D eigenvalue weighted by molar-refractivity contribution is 9.09. The monoisotopic (exact) mass is 500 g/mol. The zero-order valence-corrected chi connectivity index (χ0v) is 20.4. The zero-order chi connectivity index (χ0) is 21.7. The summed E-state index contributed by atoms with van der Waals surface area (Å²) in [5, 5.41) is 0.707. The SMILES string of the molecule is C=C(CC)CC=C/C(=C\C)C(=O)CBr.C=C/C=C\C(=C)C(=O)CBr.CCC. The van der Waals surface area contributed by atoms with Crippen molar-refractivity contribution in [2.75, 3.05) is 10.7 Å². The molecule has 0 heterocycles. The summed E-state index contributed by atoms with van der Waals surface area (Å²) in [5.41, 5.74) is 2.44. The number of halogens is 2. The van der Waals surface area contributed by atoms with Crippen LogP contribution in [0.4, 0.5) is 0 Å². The van der Waals surface area contributed by atoms with E-state index in [1.807, 2.05) is 25.2 Å². The molecule has 4 heteroatoms. The third-order valence-electron chi connectivity index (χ3n) is 2.87. The van der Waals surface area contributed by atoms with Crippen LogP contribution in [0.2, 0.25) is 0 Å². The summed E-state index contributed by atoms with van der Waals surface area (Å²) in [7, 11) is 0. The van der Waals surface area contributed by atoms with Gasteiger partial charge in [-0.25, -0.2) is 0 Å². The zero-order valence-electron chi connectivity index (χ0n) is 17.2. The third kappa shape index (κ3) is 20.9. The van der Waals surface area contributed by atoms with E-state index in [-0.39, 0.29) is 11.6 Å². The van der Waals surface area contributed by atoms with Gasteiger partial charge in [-0.15, -0.1) is 0 Å². The van der Waals surface area contributed by atoms with Crippen molar-refractivity contribution in [3.05, 3.63) is 72.9 Å². The van der Waals surface area contributed by atoms with Gasteiger partial charge in [-0.3, -0.25) is 9.59 Å². The van der Waals surface area contributed by atoms with Crippen LogP contribution in [0.25, 0.3) is 0 Å². The quantitative estimate of drug-likeness (QED) is 0.134. The number of alkyl halides is 2. The fourth-order valence-electron chi connectivity index (χ4n) is 1.29. The second kappa shape index (κ2) is 22.8. The first kappa shape index (κ1) is 30.5. The molecule has 0 radical (unpaired) electrons. The van der Waals surface area contributed by atoms with Gasteiger partial charge in [0, 0.05) is 11.1 Å². The number of allylic oxidation sites excluding steroid dienone is 9. The predicted octanol–water partition coefficient (Wildman–Crippen LogP) is 7.47. The van der Waals surface area contributed by atoms with Crippen molar-refractivity contribution in [2.24, 2.45) is 0 Å². The van der Waals surface area contributed by atoms with Crippen LogP contribution in [-0.2, 0) is 9.59 Å². The standard InChI is InChI=1S/C12H17BrO.C8H9BrO.C3H8/c1-4-10(3)7-6-8-11(5-2)12(14)9-13;1-3-4-5-7(2)8(10)6-9;1-3-2/h5-6,8H,3-4,7,9H2,1-2H3;3-5H,1-2,6H2;3H2,1-2H3/b8-6?,11-5+;5-4-;. The van der Waals surface area contributed by atoms with Gasteiger partial charge in [-0.2, -0.15) is 0 Å². The molecule has 0 aromatic carbocycles. The van der Waals surface area contributed by atoms with Crippen LogP contribution >= 0.6 is 31.9 Å². The maximum Gasteiger partial charge on any atom is 0.173 e. The van der Waals surface area contributed by atoms with Crippen molar-refractivity contribution in [3.8, 4) is 0 Å². The van der Waals surface area contributed by atoms with Crippen molar-refractivity contribution in [1.29, 1.82) is 0 Å².